The molecule has 2 unspecified atom stereocenters. The number of ether oxygens (including phenoxy) is 4. The van der Waals surface area contributed by atoms with Gasteiger partial charge in [0.2, 0.25) is 5.91 Å². The Bertz CT molecular complexity index is 2560. The van der Waals surface area contributed by atoms with Crippen LogP contribution in [0.15, 0.2) is 29.8 Å². The summed E-state index contributed by atoms with van der Waals surface area (Å²) < 4.78 is 26.8. The first-order valence-electron chi connectivity index (χ1n) is 22.9. The van der Waals surface area contributed by atoms with Crippen molar-refractivity contribution in [3.05, 3.63) is 51.6 Å². The third-order valence-electron chi connectivity index (χ3n) is 14.6. The molecule has 11 rings (SSSR count). The van der Waals surface area contributed by atoms with Crippen molar-refractivity contribution in [1.29, 1.82) is 0 Å². The molecule has 1 aromatic carbocycles. The molecule has 3 aromatic heterocycles. The normalized spacial score (nSPS) is 29.1. The zero-order valence-corrected chi connectivity index (χ0v) is 38.7. The number of pyridine rings is 1. The molecule has 8 heterocycles. The molecule has 0 spiro atoms. The lowest BCUT2D eigenvalue weighted by molar-refractivity contribution is -0.171. The van der Waals surface area contributed by atoms with Gasteiger partial charge in [-0.05, 0) is 74.6 Å². The largest absolute Gasteiger partial charge is 0.489 e. The number of methoxy groups -OCH3 is 1. The molecular weight excluding hydrogens is 831 g/mol. The van der Waals surface area contributed by atoms with E-state index in [1.54, 1.807) is 12.1 Å². The van der Waals surface area contributed by atoms with E-state index in [-0.39, 0.29) is 72.7 Å². The summed E-state index contributed by atoms with van der Waals surface area (Å²) in [6, 6.07) is 4.79. The van der Waals surface area contributed by atoms with Crippen LogP contribution in [-0.4, -0.2) is 114 Å². The number of amides is 2. The summed E-state index contributed by atoms with van der Waals surface area (Å²) in [5.74, 6) is 7.23. The van der Waals surface area contributed by atoms with Gasteiger partial charge in [0.15, 0.2) is 0 Å². The molecule has 2 saturated carbocycles. The number of fused-ring (bicyclic) bond motifs is 4. The highest BCUT2D eigenvalue weighted by Crippen LogP contribution is 2.49. The highest BCUT2D eigenvalue weighted by molar-refractivity contribution is 7.10. The first kappa shape index (κ1) is 43.1. The van der Waals surface area contributed by atoms with Crippen LogP contribution >= 0.6 is 11.3 Å². The second-order valence-corrected chi connectivity index (χ2v) is 20.7. The summed E-state index contributed by atoms with van der Waals surface area (Å²) in [4.78, 5) is 54.8. The van der Waals surface area contributed by atoms with Crippen LogP contribution in [0.1, 0.15) is 88.4 Å². The number of thiazole rings is 1. The number of esters is 1. The number of cyclic esters (lactones) is 1. The maximum absolute atomic E-state index is 14.5. The number of nitrogens with one attached hydrogen (secondary N) is 2. The fourth-order valence-electron chi connectivity index (χ4n) is 10.4. The van der Waals surface area contributed by atoms with Crippen molar-refractivity contribution in [2.75, 3.05) is 53.2 Å². The van der Waals surface area contributed by atoms with Gasteiger partial charge in [0.1, 0.15) is 24.4 Å². The molecule has 7 aliphatic rings. The van der Waals surface area contributed by atoms with Gasteiger partial charge in [-0.3, -0.25) is 29.3 Å². The van der Waals surface area contributed by atoms with Gasteiger partial charge >= 0.3 is 5.97 Å². The summed E-state index contributed by atoms with van der Waals surface area (Å²) in [5.41, 5.74) is 10.0. The van der Waals surface area contributed by atoms with Crippen LogP contribution in [-0.2, 0) is 41.4 Å². The van der Waals surface area contributed by atoms with Crippen LogP contribution in [0.3, 0.4) is 0 Å². The van der Waals surface area contributed by atoms with Crippen molar-refractivity contribution >= 4 is 40.0 Å². The minimum atomic E-state index is -0.862. The van der Waals surface area contributed by atoms with E-state index in [9.17, 15) is 14.4 Å². The smallest absolute Gasteiger partial charge is 0.325 e. The molecule has 2 amide bonds. The van der Waals surface area contributed by atoms with E-state index in [0.717, 1.165) is 74.1 Å². The lowest BCUT2D eigenvalue weighted by Crippen LogP contribution is -2.71. The number of aromatic nitrogens is 3. The zero-order valence-electron chi connectivity index (χ0n) is 37.9. The molecule has 5 fully saturated rings. The summed E-state index contributed by atoms with van der Waals surface area (Å²) >= 11 is 1.47. The van der Waals surface area contributed by atoms with Gasteiger partial charge in [0, 0.05) is 77.6 Å². The molecule has 0 radical (unpaired) electrons. The molecule has 14 nitrogen and oxygen atoms in total. The Kier molecular flexibility index (Phi) is 11.3. The van der Waals surface area contributed by atoms with Crippen LogP contribution in [0.2, 0.25) is 0 Å². The third kappa shape index (κ3) is 7.89. The molecule has 4 aromatic rings. The van der Waals surface area contributed by atoms with Gasteiger partial charge in [-0.1, -0.05) is 39.5 Å². The minimum absolute atomic E-state index is 0.0299. The van der Waals surface area contributed by atoms with Crippen molar-refractivity contribution in [2.45, 2.75) is 97.5 Å². The lowest BCUT2D eigenvalue weighted by atomic mass is 9.73. The van der Waals surface area contributed by atoms with Crippen LogP contribution < -0.4 is 15.5 Å². The number of carbonyl (C=O) groups is 3. The van der Waals surface area contributed by atoms with Gasteiger partial charge in [-0.25, -0.2) is 10.4 Å². The Morgan fingerprint density at radius 3 is 2.64 bits per heavy atom. The third-order valence-corrected chi connectivity index (χ3v) is 15.5. The Balaban J connectivity index is 1.11. The average Bonchev–Trinajstić information content (AvgIpc) is 3.54. The van der Waals surface area contributed by atoms with Crippen LogP contribution in [0.5, 0.6) is 5.75 Å². The van der Waals surface area contributed by atoms with Crippen LogP contribution in [0, 0.1) is 40.9 Å². The van der Waals surface area contributed by atoms with Gasteiger partial charge < -0.3 is 28.8 Å². The van der Waals surface area contributed by atoms with Gasteiger partial charge in [-0.2, -0.15) is 0 Å². The monoisotopic (exact) mass is 889 g/mol. The quantitative estimate of drug-likeness (QED) is 0.181. The van der Waals surface area contributed by atoms with E-state index in [4.69, 9.17) is 28.9 Å². The number of nitrogens with zero attached hydrogens (tertiary/aromatic N) is 5. The van der Waals surface area contributed by atoms with Crippen molar-refractivity contribution in [1.82, 2.24) is 35.2 Å². The van der Waals surface area contributed by atoms with Gasteiger partial charge in [0.05, 0.1) is 66.1 Å². The van der Waals surface area contributed by atoms with Crippen LogP contribution in [0.4, 0.5) is 0 Å². The Labute approximate surface area is 378 Å². The Morgan fingerprint density at radius 2 is 1.89 bits per heavy atom. The van der Waals surface area contributed by atoms with E-state index in [2.05, 4.69) is 84.9 Å². The highest BCUT2D eigenvalue weighted by Gasteiger charge is 2.53. The lowest BCUT2D eigenvalue weighted by Gasteiger charge is -2.53. The number of benzene rings is 1. The van der Waals surface area contributed by atoms with E-state index >= 15 is 0 Å². The summed E-state index contributed by atoms with van der Waals surface area (Å²) in [6.07, 6.45) is 3.68. The van der Waals surface area contributed by atoms with Crippen molar-refractivity contribution < 1.29 is 33.3 Å². The maximum atomic E-state index is 14.5. The van der Waals surface area contributed by atoms with Crippen molar-refractivity contribution in [2.24, 2.45) is 29.1 Å². The minimum Gasteiger partial charge on any atom is -0.489 e. The van der Waals surface area contributed by atoms with Gasteiger partial charge in [0.25, 0.3) is 5.91 Å². The molecule has 7 atom stereocenters. The SMILES string of the molecule is CO[C@@H](C)c1ncc(C#CCN2CCOCC2)cc1-c1c2c3cc(cc4c3n1C(C)CO4)-c1csc(n1)C[C@H](NC(=O)C1[C@@H](C)[C@H]1C)C(=O)N1N[C@H](C(=O)OCC(C)(C)C2)C2CC1C2. The molecule has 15 heteroatoms. The summed E-state index contributed by atoms with van der Waals surface area (Å²) in [5, 5.41) is 8.49. The molecule has 8 bridgehead atoms. The molecule has 64 heavy (non-hydrogen) atoms. The number of rotatable bonds is 6. The predicted octanol–water partition coefficient (Wildman–Crippen LogP) is 5.72. The first-order valence-corrected chi connectivity index (χ1v) is 23.8. The summed E-state index contributed by atoms with van der Waals surface area (Å²) in [6.45, 7) is 17.0. The number of hydrazine groups is 1. The van der Waals surface area contributed by atoms with E-state index in [1.807, 2.05) is 18.5 Å². The predicted molar refractivity (Wildman–Crippen MR) is 242 cm³/mol. The zero-order chi connectivity index (χ0) is 44.6. The number of hydrogen-bond acceptors (Lipinski definition) is 12. The number of carbonyl (C=O) groups excluding carboxylic acids is 3. The van der Waals surface area contributed by atoms with Crippen molar-refractivity contribution in [3.63, 3.8) is 0 Å². The fourth-order valence-corrected chi connectivity index (χ4v) is 11.3. The molecule has 338 valence electrons. The van der Waals surface area contributed by atoms with E-state index in [0.29, 0.717) is 45.6 Å². The molecule has 5 aliphatic heterocycles. The number of morpholine rings is 1. The molecule has 2 N–H and O–H groups in total. The molecule has 2 aliphatic carbocycles. The van der Waals surface area contributed by atoms with E-state index in [1.165, 1.54) is 11.3 Å². The Morgan fingerprint density at radius 1 is 1.11 bits per heavy atom. The Hall–Kier alpha value is -4.85. The molecule has 3 saturated heterocycles. The summed E-state index contributed by atoms with van der Waals surface area (Å²) in [7, 11) is 1.70. The van der Waals surface area contributed by atoms with E-state index < -0.39 is 17.5 Å². The van der Waals surface area contributed by atoms with Crippen molar-refractivity contribution in [3.8, 4) is 40.1 Å². The maximum Gasteiger partial charge on any atom is 0.325 e. The molecular formula is C49H59N7O7S. The first-order chi connectivity index (χ1) is 30.8. The fraction of sp³-hybridized carbons (Fsp3) is 0.571. The van der Waals surface area contributed by atoms with Crippen LogP contribution in [0.25, 0.3) is 33.4 Å². The second-order valence-electron chi connectivity index (χ2n) is 19.7. The topological polar surface area (TPSA) is 149 Å². The van der Waals surface area contributed by atoms with Gasteiger partial charge in [-0.15, -0.1) is 11.3 Å². The number of hydrogen-bond donors (Lipinski definition) is 2. The average molecular weight is 890 g/mol. The second kappa shape index (κ2) is 16.9. The standard InChI is InChI=1S/C49H59N7O7S/c1-26-23-62-39-19-31-18-34-36(44(55(26)45(34)39)35-15-30(22-50-42(35)29(4)60-7)9-8-10-54-11-13-61-14-12-54)21-49(5,6)25-63-48(59)43-32-16-33(17-32)56(53-43)47(58)37(20-40-51-38(31)24-64-40)52-46(57)41-27(2)28(41)3/h15,18-19,22,24,26-29,32-33,37,41,43,53H,10-14,16-17,20-21,23,25H2,1-7H3,(H,52,57)/t26?,27-,28+,29-,32?,33?,37-,41?,43-/m0/s1. The highest BCUT2D eigenvalue weighted by atomic mass is 32.1.